The van der Waals surface area contributed by atoms with Crippen LogP contribution in [0, 0.1) is 6.92 Å². The van der Waals surface area contributed by atoms with Crippen LogP contribution < -0.4 is 10.5 Å². The molecule has 106 valence electrons. The molecule has 0 saturated heterocycles. The third-order valence-corrected chi connectivity index (χ3v) is 5.50. The van der Waals surface area contributed by atoms with Crippen molar-refractivity contribution in [2.45, 2.75) is 50.0 Å². The van der Waals surface area contributed by atoms with Gasteiger partial charge in [0, 0.05) is 6.04 Å². The molecule has 2 rings (SSSR count). The van der Waals surface area contributed by atoms with E-state index in [1.807, 2.05) is 0 Å². The molecule has 1 aromatic carbocycles. The van der Waals surface area contributed by atoms with Crippen molar-refractivity contribution < 1.29 is 8.42 Å². The van der Waals surface area contributed by atoms with E-state index in [1.54, 1.807) is 13.0 Å². The first-order chi connectivity index (χ1) is 8.90. The number of anilines is 1. The normalized spacial score (nSPS) is 17.6. The molecule has 0 aromatic heterocycles. The van der Waals surface area contributed by atoms with E-state index >= 15 is 0 Å². The summed E-state index contributed by atoms with van der Waals surface area (Å²) in [5.74, 6) is 0. The quantitative estimate of drug-likeness (QED) is 0.843. The van der Waals surface area contributed by atoms with Crippen LogP contribution in [0.4, 0.5) is 5.69 Å². The highest BCUT2D eigenvalue weighted by Gasteiger charge is 2.23. The zero-order valence-electron chi connectivity index (χ0n) is 10.9. The van der Waals surface area contributed by atoms with Crippen molar-refractivity contribution in [2.75, 3.05) is 5.73 Å². The molecule has 1 saturated carbocycles. The van der Waals surface area contributed by atoms with E-state index in [0.717, 1.165) is 25.7 Å². The van der Waals surface area contributed by atoms with Crippen LogP contribution >= 0.6 is 11.6 Å². The smallest absolute Gasteiger partial charge is 0.241 e. The van der Waals surface area contributed by atoms with Gasteiger partial charge in [-0.25, -0.2) is 13.1 Å². The average molecular weight is 303 g/mol. The van der Waals surface area contributed by atoms with Crippen LogP contribution in [-0.2, 0) is 10.0 Å². The standard InChI is InChI=1S/C13H19ClN2O2S/c1-9-7-11(14)12(15)8-13(9)19(17,18)16-10-5-3-2-4-6-10/h7-8,10,16H,2-6,15H2,1H3. The van der Waals surface area contributed by atoms with Crippen LogP contribution in [-0.4, -0.2) is 14.5 Å². The predicted molar refractivity (Wildman–Crippen MR) is 77.8 cm³/mol. The highest BCUT2D eigenvalue weighted by atomic mass is 35.5. The molecule has 1 fully saturated rings. The molecule has 19 heavy (non-hydrogen) atoms. The van der Waals surface area contributed by atoms with Gasteiger partial charge in [-0.1, -0.05) is 30.9 Å². The maximum atomic E-state index is 12.4. The van der Waals surface area contributed by atoms with E-state index < -0.39 is 10.0 Å². The Balaban J connectivity index is 2.26. The molecule has 0 spiro atoms. The molecule has 0 atom stereocenters. The molecule has 6 heteroatoms. The highest BCUT2D eigenvalue weighted by molar-refractivity contribution is 7.89. The van der Waals surface area contributed by atoms with Crippen LogP contribution in [0.3, 0.4) is 0 Å². The first kappa shape index (κ1) is 14.6. The van der Waals surface area contributed by atoms with Crippen molar-refractivity contribution in [1.29, 1.82) is 0 Å². The summed E-state index contributed by atoms with van der Waals surface area (Å²) in [6, 6.07) is 3.06. The lowest BCUT2D eigenvalue weighted by molar-refractivity contribution is 0.412. The molecule has 0 aliphatic heterocycles. The number of nitrogens with one attached hydrogen (secondary N) is 1. The lowest BCUT2D eigenvalue weighted by atomic mass is 9.96. The molecule has 1 aliphatic rings. The summed E-state index contributed by atoms with van der Waals surface area (Å²) in [7, 11) is -3.52. The van der Waals surface area contributed by atoms with Crippen molar-refractivity contribution in [3.8, 4) is 0 Å². The number of hydrogen-bond acceptors (Lipinski definition) is 3. The molecular formula is C13H19ClN2O2S. The monoisotopic (exact) mass is 302 g/mol. The Kier molecular flexibility index (Phi) is 4.38. The maximum Gasteiger partial charge on any atom is 0.241 e. The minimum absolute atomic E-state index is 0.0371. The lowest BCUT2D eigenvalue weighted by Crippen LogP contribution is -2.36. The van der Waals surface area contributed by atoms with E-state index in [0.29, 0.717) is 10.6 Å². The minimum atomic E-state index is -3.52. The van der Waals surface area contributed by atoms with Crippen LogP contribution in [0.2, 0.25) is 5.02 Å². The molecular weight excluding hydrogens is 284 g/mol. The summed E-state index contributed by atoms with van der Waals surface area (Å²) in [6.07, 6.45) is 5.15. The Morgan fingerprint density at radius 1 is 1.26 bits per heavy atom. The number of benzene rings is 1. The predicted octanol–water partition coefficient (Wildman–Crippen LogP) is 2.84. The topological polar surface area (TPSA) is 72.2 Å². The van der Waals surface area contributed by atoms with Crippen LogP contribution in [0.5, 0.6) is 0 Å². The van der Waals surface area contributed by atoms with Crippen molar-refractivity contribution in [3.05, 3.63) is 22.7 Å². The van der Waals surface area contributed by atoms with Crippen LogP contribution in [0.25, 0.3) is 0 Å². The van der Waals surface area contributed by atoms with Gasteiger partial charge in [-0.15, -0.1) is 0 Å². The van der Waals surface area contributed by atoms with E-state index in [2.05, 4.69) is 4.72 Å². The van der Waals surface area contributed by atoms with Crippen molar-refractivity contribution in [1.82, 2.24) is 4.72 Å². The van der Waals surface area contributed by atoms with Gasteiger partial charge < -0.3 is 5.73 Å². The number of nitrogens with two attached hydrogens (primary N) is 1. The van der Waals surface area contributed by atoms with E-state index in [1.165, 1.54) is 12.5 Å². The van der Waals surface area contributed by atoms with Crippen LogP contribution in [0.1, 0.15) is 37.7 Å². The average Bonchev–Trinajstić information content (AvgIpc) is 2.34. The van der Waals surface area contributed by atoms with Crippen molar-refractivity contribution in [3.63, 3.8) is 0 Å². The number of nitrogen functional groups attached to an aromatic ring is 1. The fourth-order valence-electron chi connectivity index (χ4n) is 2.46. The highest BCUT2D eigenvalue weighted by Crippen LogP contribution is 2.27. The number of rotatable bonds is 3. The Morgan fingerprint density at radius 2 is 1.89 bits per heavy atom. The Morgan fingerprint density at radius 3 is 2.53 bits per heavy atom. The maximum absolute atomic E-state index is 12.4. The number of aryl methyl sites for hydroxylation is 1. The van der Waals surface area contributed by atoms with E-state index in [-0.39, 0.29) is 16.6 Å². The summed E-state index contributed by atoms with van der Waals surface area (Å²) in [5, 5.41) is 0.383. The second-order valence-corrected chi connectivity index (χ2v) is 7.19. The third kappa shape index (κ3) is 3.41. The first-order valence-corrected chi connectivity index (χ1v) is 8.34. The molecule has 0 radical (unpaired) electrons. The van der Waals surface area contributed by atoms with E-state index in [4.69, 9.17) is 17.3 Å². The van der Waals surface area contributed by atoms with Gasteiger partial charge in [-0.05, 0) is 37.5 Å². The number of sulfonamides is 1. The zero-order valence-corrected chi connectivity index (χ0v) is 12.5. The Hall–Kier alpha value is -0.780. The van der Waals surface area contributed by atoms with Gasteiger partial charge in [-0.3, -0.25) is 0 Å². The molecule has 0 amide bonds. The number of hydrogen-bond donors (Lipinski definition) is 2. The van der Waals surface area contributed by atoms with Crippen molar-refractivity contribution in [2.24, 2.45) is 0 Å². The summed E-state index contributed by atoms with van der Waals surface area (Å²) < 4.78 is 27.5. The fourth-order valence-corrected chi connectivity index (χ4v) is 4.25. The fraction of sp³-hybridized carbons (Fsp3) is 0.538. The van der Waals surface area contributed by atoms with Gasteiger partial charge in [0.2, 0.25) is 10.0 Å². The molecule has 3 N–H and O–H groups in total. The molecule has 0 unspecified atom stereocenters. The summed E-state index contributed by atoms with van der Waals surface area (Å²) >= 11 is 5.89. The SMILES string of the molecule is Cc1cc(Cl)c(N)cc1S(=O)(=O)NC1CCCCC1. The van der Waals surface area contributed by atoms with Crippen LogP contribution in [0.15, 0.2) is 17.0 Å². The Bertz CT molecular complexity index is 566. The third-order valence-electron chi connectivity index (χ3n) is 3.51. The van der Waals surface area contributed by atoms with E-state index in [9.17, 15) is 8.42 Å². The molecule has 0 bridgehead atoms. The van der Waals surface area contributed by atoms with Gasteiger partial charge in [0.1, 0.15) is 0 Å². The van der Waals surface area contributed by atoms with Gasteiger partial charge in [-0.2, -0.15) is 0 Å². The lowest BCUT2D eigenvalue weighted by Gasteiger charge is -2.23. The number of halogens is 1. The minimum Gasteiger partial charge on any atom is -0.397 e. The largest absolute Gasteiger partial charge is 0.397 e. The molecule has 1 aromatic rings. The van der Waals surface area contributed by atoms with Gasteiger partial charge in [0.15, 0.2) is 0 Å². The Labute approximate surface area is 119 Å². The second-order valence-electron chi connectivity index (χ2n) is 5.10. The summed E-state index contributed by atoms with van der Waals surface area (Å²) in [5.41, 5.74) is 6.60. The van der Waals surface area contributed by atoms with Crippen molar-refractivity contribution >= 4 is 27.3 Å². The van der Waals surface area contributed by atoms with Gasteiger partial charge in [0.25, 0.3) is 0 Å². The summed E-state index contributed by atoms with van der Waals surface area (Å²) in [6.45, 7) is 1.72. The molecule has 0 heterocycles. The molecule has 4 nitrogen and oxygen atoms in total. The zero-order chi connectivity index (χ0) is 14.0. The first-order valence-electron chi connectivity index (χ1n) is 6.48. The molecule has 1 aliphatic carbocycles. The second kappa shape index (κ2) is 5.69. The van der Waals surface area contributed by atoms with Gasteiger partial charge in [0.05, 0.1) is 15.6 Å². The van der Waals surface area contributed by atoms with Gasteiger partial charge >= 0.3 is 0 Å². The summed E-state index contributed by atoms with van der Waals surface area (Å²) in [4.78, 5) is 0.222.